The SMILES string of the molecule is COc1ccc(N(CC(=O)N/N=C\c2cccc(Cl)c2)S(=O)(=O)c2ccc(C)cc2)cc1. The van der Waals surface area contributed by atoms with Gasteiger partial charge in [-0.15, -0.1) is 0 Å². The lowest BCUT2D eigenvalue weighted by atomic mass is 10.2. The van der Waals surface area contributed by atoms with Crippen molar-refractivity contribution in [2.75, 3.05) is 18.0 Å². The van der Waals surface area contributed by atoms with E-state index in [0.717, 1.165) is 9.87 Å². The molecule has 0 saturated carbocycles. The number of ether oxygens (including phenoxy) is 1. The Morgan fingerprint density at radius 1 is 1.09 bits per heavy atom. The molecule has 0 atom stereocenters. The third kappa shape index (κ3) is 5.87. The van der Waals surface area contributed by atoms with Crippen molar-refractivity contribution in [3.05, 3.63) is 88.9 Å². The molecular formula is C23H22ClN3O4S. The van der Waals surface area contributed by atoms with Gasteiger partial charge in [-0.2, -0.15) is 5.10 Å². The number of anilines is 1. The van der Waals surface area contributed by atoms with Gasteiger partial charge in [0.1, 0.15) is 12.3 Å². The van der Waals surface area contributed by atoms with E-state index in [1.807, 2.05) is 6.92 Å². The average molecular weight is 472 g/mol. The molecule has 3 aromatic carbocycles. The van der Waals surface area contributed by atoms with Gasteiger partial charge in [0.05, 0.1) is 23.9 Å². The Kier molecular flexibility index (Phi) is 7.50. The molecule has 0 fully saturated rings. The number of carbonyl (C=O) groups is 1. The molecule has 0 heterocycles. The van der Waals surface area contributed by atoms with E-state index < -0.39 is 22.5 Å². The van der Waals surface area contributed by atoms with Crippen LogP contribution in [0.5, 0.6) is 5.75 Å². The smallest absolute Gasteiger partial charge is 0.264 e. The number of halogens is 1. The van der Waals surface area contributed by atoms with Crippen LogP contribution >= 0.6 is 11.6 Å². The first-order valence-electron chi connectivity index (χ1n) is 9.60. The monoisotopic (exact) mass is 471 g/mol. The Morgan fingerprint density at radius 3 is 2.41 bits per heavy atom. The quantitative estimate of drug-likeness (QED) is 0.397. The third-order valence-corrected chi connectivity index (χ3v) is 6.53. The summed E-state index contributed by atoms with van der Waals surface area (Å²) in [6, 6.07) is 19.8. The zero-order valence-corrected chi connectivity index (χ0v) is 19.1. The second-order valence-corrected chi connectivity index (χ2v) is 9.17. The van der Waals surface area contributed by atoms with Gasteiger partial charge >= 0.3 is 0 Å². The Balaban J connectivity index is 1.84. The maximum Gasteiger partial charge on any atom is 0.264 e. The second-order valence-electron chi connectivity index (χ2n) is 6.87. The number of nitrogens with one attached hydrogen (secondary N) is 1. The van der Waals surface area contributed by atoms with Gasteiger partial charge in [-0.1, -0.05) is 41.4 Å². The number of sulfonamides is 1. The van der Waals surface area contributed by atoms with Crippen LogP contribution in [-0.4, -0.2) is 34.2 Å². The minimum atomic E-state index is -4.01. The fraction of sp³-hybridized carbons (Fsp3) is 0.130. The molecule has 0 unspecified atom stereocenters. The molecule has 3 aromatic rings. The number of hydrogen-bond acceptors (Lipinski definition) is 5. The van der Waals surface area contributed by atoms with E-state index in [9.17, 15) is 13.2 Å². The van der Waals surface area contributed by atoms with E-state index >= 15 is 0 Å². The normalized spacial score (nSPS) is 11.3. The summed E-state index contributed by atoms with van der Waals surface area (Å²) < 4.78 is 32.8. The van der Waals surface area contributed by atoms with Crippen LogP contribution in [0.3, 0.4) is 0 Å². The molecule has 1 N–H and O–H groups in total. The first-order valence-corrected chi connectivity index (χ1v) is 11.4. The van der Waals surface area contributed by atoms with Gasteiger partial charge in [-0.05, 0) is 61.0 Å². The van der Waals surface area contributed by atoms with Gasteiger partial charge in [0.25, 0.3) is 15.9 Å². The molecule has 0 aliphatic rings. The molecule has 9 heteroatoms. The molecule has 0 spiro atoms. The Hall–Kier alpha value is -3.36. The van der Waals surface area contributed by atoms with E-state index in [2.05, 4.69) is 10.5 Å². The number of hydrogen-bond donors (Lipinski definition) is 1. The fourth-order valence-corrected chi connectivity index (χ4v) is 4.45. The van der Waals surface area contributed by atoms with Crippen molar-refractivity contribution < 1.29 is 17.9 Å². The minimum Gasteiger partial charge on any atom is -0.497 e. The molecule has 32 heavy (non-hydrogen) atoms. The first-order chi connectivity index (χ1) is 15.3. The van der Waals surface area contributed by atoms with Crippen LogP contribution in [0, 0.1) is 6.92 Å². The summed E-state index contributed by atoms with van der Waals surface area (Å²) in [5.74, 6) is -0.0354. The lowest BCUT2D eigenvalue weighted by Gasteiger charge is -2.24. The van der Waals surface area contributed by atoms with Crippen LogP contribution in [0.1, 0.15) is 11.1 Å². The van der Waals surface area contributed by atoms with Crippen LogP contribution in [0.25, 0.3) is 0 Å². The molecule has 1 amide bonds. The molecule has 0 aromatic heterocycles. The molecule has 166 valence electrons. The van der Waals surface area contributed by atoms with Crippen molar-refractivity contribution in [2.45, 2.75) is 11.8 Å². The first kappa shape index (κ1) is 23.3. The number of amides is 1. The largest absolute Gasteiger partial charge is 0.497 e. The highest BCUT2D eigenvalue weighted by atomic mass is 35.5. The average Bonchev–Trinajstić information content (AvgIpc) is 2.78. The molecule has 0 saturated heterocycles. The van der Waals surface area contributed by atoms with Crippen molar-refractivity contribution in [1.82, 2.24) is 5.43 Å². The summed E-state index contributed by atoms with van der Waals surface area (Å²) in [5, 5.41) is 4.44. The number of aryl methyl sites for hydroxylation is 1. The third-order valence-electron chi connectivity index (χ3n) is 4.51. The van der Waals surface area contributed by atoms with Gasteiger partial charge in [0.2, 0.25) is 0 Å². The van der Waals surface area contributed by atoms with E-state index in [4.69, 9.17) is 16.3 Å². The van der Waals surface area contributed by atoms with Crippen molar-refractivity contribution >= 4 is 39.4 Å². The molecule has 0 bridgehead atoms. The molecule has 7 nitrogen and oxygen atoms in total. The summed E-state index contributed by atoms with van der Waals surface area (Å²) in [5.41, 5.74) is 4.30. The Morgan fingerprint density at radius 2 is 1.78 bits per heavy atom. The van der Waals surface area contributed by atoms with E-state index in [-0.39, 0.29) is 4.90 Å². The standard InChI is InChI=1S/C23H22ClN3O4S/c1-17-6-12-22(13-7-17)32(29,30)27(20-8-10-21(31-2)11-9-20)16-23(28)26-25-15-18-4-3-5-19(24)14-18/h3-15H,16H2,1-2H3,(H,26,28)/b25-15-. The van der Waals surface area contributed by atoms with Crippen molar-refractivity contribution in [3.8, 4) is 5.75 Å². The van der Waals surface area contributed by atoms with Crippen molar-refractivity contribution in [3.63, 3.8) is 0 Å². The maximum atomic E-state index is 13.3. The number of carbonyl (C=O) groups excluding carboxylic acids is 1. The number of nitrogens with zero attached hydrogens (tertiary/aromatic N) is 2. The summed E-state index contributed by atoms with van der Waals surface area (Å²) in [4.78, 5) is 12.6. The van der Waals surface area contributed by atoms with E-state index in [1.165, 1.54) is 25.5 Å². The molecule has 3 rings (SSSR count). The van der Waals surface area contributed by atoms with Crippen LogP contribution < -0.4 is 14.5 Å². The Labute approximate surface area is 192 Å². The van der Waals surface area contributed by atoms with Crippen LogP contribution in [-0.2, 0) is 14.8 Å². The lowest BCUT2D eigenvalue weighted by Crippen LogP contribution is -2.39. The summed E-state index contributed by atoms with van der Waals surface area (Å²) in [6.07, 6.45) is 1.43. The highest BCUT2D eigenvalue weighted by Crippen LogP contribution is 2.26. The van der Waals surface area contributed by atoms with Crippen LogP contribution in [0.4, 0.5) is 5.69 Å². The second kappa shape index (κ2) is 10.3. The molecule has 0 aliphatic carbocycles. The van der Waals surface area contributed by atoms with E-state index in [1.54, 1.807) is 60.7 Å². The lowest BCUT2D eigenvalue weighted by molar-refractivity contribution is -0.119. The summed E-state index contributed by atoms with van der Waals surface area (Å²) in [7, 11) is -2.49. The van der Waals surface area contributed by atoms with Crippen molar-refractivity contribution in [1.29, 1.82) is 0 Å². The van der Waals surface area contributed by atoms with Gasteiger partial charge in [0.15, 0.2) is 0 Å². The zero-order chi connectivity index (χ0) is 23.1. The molecule has 0 radical (unpaired) electrons. The number of benzene rings is 3. The van der Waals surface area contributed by atoms with Gasteiger partial charge in [-0.25, -0.2) is 13.8 Å². The van der Waals surface area contributed by atoms with Gasteiger partial charge in [-0.3, -0.25) is 9.10 Å². The number of hydrazone groups is 1. The van der Waals surface area contributed by atoms with Crippen molar-refractivity contribution in [2.24, 2.45) is 5.10 Å². The maximum absolute atomic E-state index is 13.3. The Bertz CT molecular complexity index is 1210. The predicted octanol–water partition coefficient (Wildman–Crippen LogP) is 4.00. The highest BCUT2D eigenvalue weighted by Gasteiger charge is 2.27. The minimum absolute atomic E-state index is 0.0779. The zero-order valence-electron chi connectivity index (χ0n) is 17.5. The van der Waals surface area contributed by atoms with Crippen LogP contribution in [0.15, 0.2) is 82.8 Å². The number of methoxy groups -OCH3 is 1. The highest BCUT2D eigenvalue weighted by molar-refractivity contribution is 7.92. The number of rotatable bonds is 8. The predicted molar refractivity (Wildman–Crippen MR) is 126 cm³/mol. The summed E-state index contributed by atoms with van der Waals surface area (Å²) in [6.45, 7) is 1.40. The van der Waals surface area contributed by atoms with E-state index in [0.29, 0.717) is 22.0 Å². The van der Waals surface area contributed by atoms with Gasteiger partial charge < -0.3 is 4.74 Å². The van der Waals surface area contributed by atoms with Crippen LogP contribution in [0.2, 0.25) is 5.02 Å². The fourth-order valence-electron chi connectivity index (χ4n) is 2.83. The summed E-state index contributed by atoms with van der Waals surface area (Å²) >= 11 is 5.93. The van der Waals surface area contributed by atoms with Gasteiger partial charge in [0, 0.05) is 5.02 Å². The molecular weight excluding hydrogens is 450 g/mol. The topological polar surface area (TPSA) is 88.1 Å². The molecule has 0 aliphatic heterocycles.